The van der Waals surface area contributed by atoms with Gasteiger partial charge < -0.3 is 4.74 Å². The molecule has 2 aromatic heterocycles. The summed E-state index contributed by atoms with van der Waals surface area (Å²) in [5.74, 6) is 0.250. The normalized spacial score (nSPS) is 11.2. The molecule has 1 N–H and O–H groups in total. The first-order valence-corrected chi connectivity index (χ1v) is 6.05. The predicted molar refractivity (Wildman–Crippen MR) is 72.3 cm³/mol. The lowest BCUT2D eigenvalue weighted by atomic mass is 10.2. The highest BCUT2D eigenvalue weighted by Crippen LogP contribution is 2.17. The van der Waals surface area contributed by atoms with Crippen molar-refractivity contribution in [1.29, 1.82) is 5.26 Å². The van der Waals surface area contributed by atoms with Gasteiger partial charge in [-0.2, -0.15) is 14.9 Å². The van der Waals surface area contributed by atoms with E-state index in [1.54, 1.807) is 33.8 Å². The van der Waals surface area contributed by atoms with Gasteiger partial charge in [-0.1, -0.05) is 0 Å². The first-order valence-electron chi connectivity index (χ1n) is 6.05. The van der Waals surface area contributed by atoms with E-state index in [0.717, 1.165) is 5.69 Å². The molecular formula is C13H15N5O2. The van der Waals surface area contributed by atoms with Gasteiger partial charge >= 0.3 is 6.09 Å². The smallest absolute Gasteiger partial charge is 0.413 e. The number of rotatable bonds is 1. The van der Waals surface area contributed by atoms with E-state index in [9.17, 15) is 4.79 Å². The van der Waals surface area contributed by atoms with Gasteiger partial charge in [0.05, 0.1) is 11.9 Å². The van der Waals surface area contributed by atoms with E-state index >= 15 is 0 Å². The molecule has 0 fully saturated rings. The molecule has 2 rings (SSSR count). The summed E-state index contributed by atoms with van der Waals surface area (Å²) < 4.78 is 6.59. The molecule has 104 valence electrons. The Morgan fingerprint density at radius 2 is 2.20 bits per heavy atom. The van der Waals surface area contributed by atoms with Crippen LogP contribution in [0.25, 0.3) is 5.65 Å². The van der Waals surface area contributed by atoms with Gasteiger partial charge in [-0.3, -0.25) is 5.32 Å². The molecule has 0 bridgehead atoms. The number of nitriles is 1. The molecule has 0 saturated heterocycles. The second-order valence-electron chi connectivity index (χ2n) is 5.31. The topological polar surface area (TPSA) is 92.3 Å². The largest absolute Gasteiger partial charge is 0.444 e. The third kappa shape index (κ3) is 2.85. The number of carbonyl (C=O) groups excluding carboxylic acids is 1. The molecule has 0 aliphatic carbocycles. The lowest BCUT2D eigenvalue weighted by Gasteiger charge is -2.20. The maximum atomic E-state index is 11.8. The number of amides is 1. The molecule has 20 heavy (non-hydrogen) atoms. The standard InChI is InChI=1S/C13H15N5O2/c1-8-5-10-15-7-9(6-14)11(18(10)17-8)16-12(19)20-13(2,3)4/h5,7H,1-4H3,(H,16,19). The van der Waals surface area contributed by atoms with E-state index < -0.39 is 11.7 Å². The van der Waals surface area contributed by atoms with Gasteiger partial charge in [0.25, 0.3) is 0 Å². The quantitative estimate of drug-likeness (QED) is 0.860. The summed E-state index contributed by atoms with van der Waals surface area (Å²) in [6, 6.07) is 3.72. The van der Waals surface area contributed by atoms with Crippen LogP contribution in [0.3, 0.4) is 0 Å². The van der Waals surface area contributed by atoms with Gasteiger partial charge in [0.2, 0.25) is 0 Å². The lowest BCUT2D eigenvalue weighted by molar-refractivity contribution is 0.0635. The molecule has 0 spiro atoms. The number of ether oxygens (including phenoxy) is 1. The van der Waals surface area contributed by atoms with Crippen molar-refractivity contribution >= 4 is 17.6 Å². The van der Waals surface area contributed by atoms with Gasteiger partial charge in [0.1, 0.15) is 17.2 Å². The van der Waals surface area contributed by atoms with E-state index in [-0.39, 0.29) is 11.4 Å². The Morgan fingerprint density at radius 3 is 2.80 bits per heavy atom. The van der Waals surface area contributed by atoms with E-state index in [4.69, 9.17) is 10.00 Å². The summed E-state index contributed by atoms with van der Waals surface area (Å²) >= 11 is 0. The highest BCUT2D eigenvalue weighted by molar-refractivity contribution is 5.85. The first kappa shape index (κ1) is 13.8. The fourth-order valence-corrected chi connectivity index (χ4v) is 1.65. The maximum absolute atomic E-state index is 11.8. The molecular weight excluding hydrogens is 258 g/mol. The van der Waals surface area contributed by atoms with Crippen LogP contribution in [0.15, 0.2) is 12.3 Å². The summed E-state index contributed by atoms with van der Waals surface area (Å²) in [4.78, 5) is 15.9. The molecule has 2 heterocycles. The molecule has 1 amide bonds. The summed E-state index contributed by atoms with van der Waals surface area (Å²) in [6.07, 6.45) is 0.748. The molecule has 0 aliphatic rings. The van der Waals surface area contributed by atoms with Crippen LogP contribution < -0.4 is 5.32 Å². The minimum atomic E-state index is -0.644. The van der Waals surface area contributed by atoms with Crippen LogP contribution in [0, 0.1) is 18.3 Å². The number of nitrogens with one attached hydrogen (secondary N) is 1. The van der Waals surface area contributed by atoms with Crippen LogP contribution >= 0.6 is 0 Å². The summed E-state index contributed by atoms with van der Waals surface area (Å²) in [6.45, 7) is 7.09. The number of nitrogens with zero attached hydrogens (tertiary/aromatic N) is 4. The van der Waals surface area contributed by atoms with Gasteiger partial charge in [-0.15, -0.1) is 0 Å². The fourth-order valence-electron chi connectivity index (χ4n) is 1.65. The Hall–Kier alpha value is -2.62. The van der Waals surface area contributed by atoms with Crippen LogP contribution in [-0.4, -0.2) is 26.3 Å². The summed E-state index contributed by atoms with van der Waals surface area (Å²) in [7, 11) is 0. The molecule has 0 radical (unpaired) electrons. The van der Waals surface area contributed by atoms with Gasteiger partial charge in [-0.05, 0) is 27.7 Å². The second kappa shape index (κ2) is 4.81. The predicted octanol–water partition coefficient (Wildman–Crippen LogP) is 2.26. The second-order valence-corrected chi connectivity index (χ2v) is 5.31. The van der Waals surface area contributed by atoms with E-state index in [0.29, 0.717) is 5.65 Å². The number of fused-ring (bicyclic) bond motifs is 1. The van der Waals surface area contributed by atoms with Crippen molar-refractivity contribution < 1.29 is 9.53 Å². The van der Waals surface area contributed by atoms with Crippen LogP contribution in [0.2, 0.25) is 0 Å². The monoisotopic (exact) mass is 273 g/mol. The molecule has 0 aromatic carbocycles. The molecule has 0 aliphatic heterocycles. The Labute approximate surface area is 116 Å². The van der Waals surface area contributed by atoms with Crippen molar-refractivity contribution in [2.75, 3.05) is 5.32 Å². The van der Waals surface area contributed by atoms with Crippen molar-refractivity contribution in [3.05, 3.63) is 23.5 Å². The average molecular weight is 273 g/mol. The van der Waals surface area contributed by atoms with Crippen molar-refractivity contribution in [2.24, 2.45) is 0 Å². The molecule has 0 unspecified atom stereocenters. The first-order chi connectivity index (χ1) is 9.30. The fraction of sp³-hybridized carbons (Fsp3) is 0.385. The van der Waals surface area contributed by atoms with E-state index in [1.807, 2.05) is 6.07 Å². The Bertz CT molecular complexity index is 706. The molecule has 7 nitrogen and oxygen atoms in total. The van der Waals surface area contributed by atoms with Crippen molar-refractivity contribution in [2.45, 2.75) is 33.3 Å². The Morgan fingerprint density at radius 1 is 1.50 bits per heavy atom. The SMILES string of the molecule is Cc1cc2ncc(C#N)c(NC(=O)OC(C)(C)C)n2n1. The highest BCUT2D eigenvalue weighted by Gasteiger charge is 2.19. The molecule has 2 aromatic rings. The molecule has 0 atom stereocenters. The number of carbonyl (C=O) groups is 1. The molecule has 7 heteroatoms. The zero-order valence-corrected chi connectivity index (χ0v) is 11.8. The van der Waals surface area contributed by atoms with Crippen LogP contribution in [-0.2, 0) is 4.74 Å². The number of aromatic nitrogens is 3. The van der Waals surface area contributed by atoms with Crippen molar-refractivity contribution in [3.8, 4) is 6.07 Å². The van der Waals surface area contributed by atoms with Gasteiger partial charge in [0.15, 0.2) is 11.5 Å². The summed E-state index contributed by atoms with van der Waals surface area (Å²) in [5, 5.41) is 15.9. The Balaban J connectivity index is 2.42. The lowest BCUT2D eigenvalue weighted by Crippen LogP contribution is -2.28. The number of anilines is 1. The number of aryl methyl sites for hydroxylation is 1. The zero-order valence-electron chi connectivity index (χ0n) is 11.8. The third-order valence-corrected chi connectivity index (χ3v) is 2.35. The van der Waals surface area contributed by atoms with Crippen molar-refractivity contribution in [1.82, 2.24) is 14.6 Å². The minimum absolute atomic E-state index is 0.214. The Kier molecular flexibility index (Phi) is 3.32. The maximum Gasteiger partial charge on any atom is 0.413 e. The zero-order chi connectivity index (χ0) is 14.9. The average Bonchev–Trinajstić information content (AvgIpc) is 2.68. The van der Waals surface area contributed by atoms with E-state index in [1.165, 1.54) is 10.7 Å². The van der Waals surface area contributed by atoms with E-state index in [2.05, 4.69) is 15.4 Å². The van der Waals surface area contributed by atoms with Crippen LogP contribution in [0.4, 0.5) is 10.6 Å². The van der Waals surface area contributed by atoms with Gasteiger partial charge in [0, 0.05) is 6.07 Å². The summed E-state index contributed by atoms with van der Waals surface area (Å²) in [5.41, 5.74) is 0.877. The number of hydrogen-bond acceptors (Lipinski definition) is 5. The van der Waals surface area contributed by atoms with Crippen LogP contribution in [0.1, 0.15) is 32.0 Å². The highest BCUT2D eigenvalue weighted by atomic mass is 16.6. The third-order valence-electron chi connectivity index (χ3n) is 2.35. The minimum Gasteiger partial charge on any atom is -0.444 e. The van der Waals surface area contributed by atoms with Crippen LogP contribution in [0.5, 0.6) is 0 Å². The van der Waals surface area contributed by atoms with Crippen molar-refractivity contribution in [3.63, 3.8) is 0 Å². The van der Waals surface area contributed by atoms with Gasteiger partial charge in [-0.25, -0.2) is 9.78 Å². The molecule has 0 saturated carbocycles. The number of hydrogen-bond donors (Lipinski definition) is 1.